The second-order valence-electron chi connectivity index (χ2n) is 12.2. The summed E-state index contributed by atoms with van der Waals surface area (Å²) in [5.74, 6) is 1.94. The Morgan fingerprint density at radius 1 is 0.761 bits per heavy atom. The summed E-state index contributed by atoms with van der Waals surface area (Å²) in [7, 11) is 0. The Balaban J connectivity index is 1.42. The molecule has 0 spiro atoms. The largest absolute Gasteiger partial charge is 0.493 e. The van der Waals surface area contributed by atoms with Gasteiger partial charge in [0.05, 0.1) is 25.2 Å². The van der Waals surface area contributed by atoms with Crippen molar-refractivity contribution in [1.29, 1.82) is 0 Å². The minimum absolute atomic E-state index is 0.154. The fraction of sp³-hybridized carbons (Fsp3) is 0.333. The number of benzene rings is 4. The fourth-order valence-corrected chi connectivity index (χ4v) is 5.16. The zero-order valence-electron chi connectivity index (χ0n) is 27.0. The predicted molar refractivity (Wildman–Crippen MR) is 182 cm³/mol. The number of hydrogen-bond donors (Lipinski definition) is 3. The number of hydrogen-bond acceptors (Lipinski definition) is 5. The van der Waals surface area contributed by atoms with E-state index < -0.39 is 12.1 Å². The topological polar surface area (TPSA) is 96.9 Å². The third-order valence-electron chi connectivity index (χ3n) is 7.76. The van der Waals surface area contributed by atoms with Gasteiger partial charge in [-0.1, -0.05) is 86.1 Å². The predicted octanol–water partition coefficient (Wildman–Crippen LogP) is 7.27. The number of nitrogens with one attached hydrogen (secondary N) is 2. The van der Waals surface area contributed by atoms with Crippen molar-refractivity contribution in [3.63, 3.8) is 0 Å². The molecule has 0 aliphatic carbocycles. The van der Waals surface area contributed by atoms with Crippen molar-refractivity contribution < 1.29 is 24.2 Å². The molecule has 2 amide bonds. The molecule has 0 saturated carbocycles. The molecule has 0 fully saturated rings. The normalized spacial score (nSPS) is 13.0. The molecule has 0 heterocycles. The molecule has 242 valence electrons. The summed E-state index contributed by atoms with van der Waals surface area (Å²) >= 11 is 0. The van der Waals surface area contributed by atoms with Crippen LogP contribution in [0.15, 0.2) is 109 Å². The molecule has 7 heteroatoms. The quantitative estimate of drug-likeness (QED) is 0.115. The number of ether oxygens (including phenoxy) is 2. The first kappa shape index (κ1) is 34.3. The van der Waals surface area contributed by atoms with E-state index in [1.807, 2.05) is 97.9 Å². The Labute approximate surface area is 273 Å². The van der Waals surface area contributed by atoms with Crippen LogP contribution in [0.5, 0.6) is 17.2 Å². The van der Waals surface area contributed by atoms with Gasteiger partial charge in [0.2, 0.25) is 5.91 Å². The van der Waals surface area contributed by atoms with Crippen molar-refractivity contribution in [3.05, 3.63) is 126 Å². The summed E-state index contributed by atoms with van der Waals surface area (Å²) in [5, 5.41) is 17.8. The highest BCUT2D eigenvalue weighted by Crippen LogP contribution is 2.23. The fourth-order valence-electron chi connectivity index (χ4n) is 5.16. The highest BCUT2D eigenvalue weighted by molar-refractivity contribution is 5.94. The van der Waals surface area contributed by atoms with Gasteiger partial charge in [0, 0.05) is 11.6 Å². The van der Waals surface area contributed by atoms with Crippen LogP contribution in [0.25, 0.3) is 0 Å². The van der Waals surface area contributed by atoms with Crippen LogP contribution in [0.4, 0.5) is 0 Å². The molecule has 4 aromatic rings. The van der Waals surface area contributed by atoms with Gasteiger partial charge in [-0.3, -0.25) is 9.59 Å². The first-order chi connectivity index (χ1) is 22.2. The third-order valence-corrected chi connectivity index (χ3v) is 7.76. The van der Waals surface area contributed by atoms with Gasteiger partial charge in [0.1, 0.15) is 17.2 Å². The number of aryl methyl sites for hydroxylation is 1. The molecule has 0 radical (unpaired) electrons. The van der Waals surface area contributed by atoms with Crippen LogP contribution in [0.1, 0.15) is 61.0 Å². The third kappa shape index (κ3) is 11.7. The maximum atomic E-state index is 13.4. The molecule has 0 saturated heterocycles. The summed E-state index contributed by atoms with van der Waals surface area (Å²) in [6.45, 7) is 6.50. The number of amides is 2. The second kappa shape index (κ2) is 17.8. The first-order valence-corrected chi connectivity index (χ1v) is 16.1. The Hall–Kier alpha value is -4.62. The molecular formula is C39H46N2O5. The number of carbonyl (C=O) groups excluding carboxylic acids is 2. The van der Waals surface area contributed by atoms with Gasteiger partial charge in [0.15, 0.2) is 0 Å². The van der Waals surface area contributed by atoms with Gasteiger partial charge >= 0.3 is 0 Å². The molecule has 0 bridgehead atoms. The molecule has 3 N–H and O–H groups in total. The number of para-hydroxylation sites is 1. The van der Waals surface area contributed by atoms with Crippen molar-refractivity contribution in [2.45, 2.75) is 71.1 Å². The van der Waals surface area contributed by atoms with E-state index in [1.54, 1.807) is 18.2 Å². The number of aliphatic hydroxyl groups is 1. The lowest BCUT2D eigenvalue weighted by Gasteiger charge is -2.29. The highest BCUT2D eigenvalue weighted by atomic mass is 16.5. The Morgan fingerprint density at radius 2 is 1.43 bits per heavy atom. The van der Waals surface area contributed by atoms with Crippen LogP contribution in [0.2, 0.25) is 0 Å². The molecule has 4 rings (SSSR count). The first-order valence-electron chi connectivity index (χ1n) is 16.1. The molecule has 0 unspecified atom stereocenters. The highest BCUT2D eigenvalue weighted by Gasteiger charge is 2.26. The van der Waals surface area contributed by atoms with Crippen molar-refractivity contribution in [3.8, 4) is 17.2 Å². The minimum atomic E-state index is -0.896. The molecule has 46 heavy (non-hydrogen) atoms. The Kier molecular flexibility index (Phi) is 13.2. The smallest absolute Gasteiger partial charge is 0.251 e. The molecule has 0 aliphatic rings. The number of rotatable bonds is 17. The minimum Gasteiger partial charge on any atom is -0.493 e. The molecule has 0 aliphatic heterocycles. The lowest BCUT2D eigenvalue weighted by Crippen LogP contribution is -2.48. The SMILES string of the molecule is Cc1ccc(OCCC(=O)N[C@@H](Cc2ccccc2)[C@@H](O)C[C@H](CCC(C)C)NC(=O)c2cccc(Oc3ccccc3)c2)cc1. The lowest BCUT2D eigenvalue weighted by atomic mass is 9.93. The number of carbonyl (C=O) groups is 2. The van der Waals surface area contributed by atoms with Crippen molar-refractivity contribution in [2.75, 3.05) is 6.61 Å². The van der Waals surface area contributed by atoms with Crippen LogP contribution >= 0.6 is 0 Å². The van der Waals surface area contributed by atoms with Crippen LogP contribution in [0, 0.1) is 12.8 Å². The van der Waals surface area contributed by atoms with Crippen LogP contribution < -0.4 is 20.1 Å². The Morgan fingerprint density at radius 3 is 2.13 bits per heavy atom. The summed E-state index contributed by atoms with van der Waals surface area (Å²) in [6, 6.07) is 33.1. The Bertz CT molecular complexity index is 1490. The second-order valence-corrected chi connectivity index (χ2v) is 12.2. The zero-order valence-corrected chi connectivity index (χ0v) is 27.0. The van der Waals surface area contributed by atoms with E-state index in [1.165, 1.54) is 0 Å². The van der Waals surface area contributed by atoms with Crippen molar-refractivity contribution in [2.24, 2.45) is 5.92 Å². The van der Waals surface area contributed by atoms with E-state index in [2.05, 4.69) is 24.5 Å². The van der Waals surface area contributed by atoms with Crippen LogP contribution in [0.3, 0.4) is 0 Å². The van der Waals surface area contributed by atoms with E-state index in [0.717, 1.165) is 17.5 Å². The van der Waals surface area contributed by atoms with Gasteiger partial charge in [-0.25, -0.2) is 0 Å². The van der Waals surface area contributed by atoms with Crippen molar-refractivity contribution >= 4 is 11.8 Å². The van der Waals surface area contributed by atoms with E-state index in [9.17, 15) is 14.7 Å². The van der Waals surface area contributed by atoms with Gasteiger partial charge in [-0.2, -0.15) is 0 Å². The summed E-state index contributed by atoms with van der Waals surface area (Å²) in [6.07, 6.45) is 1.57. The average Bonchev–Trinajstić information content (AvgIpc) is 3.05. The summed E-state index contributed by atoms with van der Waals surface area (Å²) < 4.78 is 11.7. The van der Waals surface area contributed by atoms with Crippen LogP contribution in [-0.4, -0.2) is 41.7 Å². The van der Waals surface area contributed by atoms with Crippen LogP contribution in [-0.2, 0) is 11.2 Å². The van der Waals surface area contributed by atoms with E-state index in [0.29, 0.717) is 41.6 Å². The molecule has 7 nitrogen and oxygen atoms in total. The van der Waals surface area contributed by atoms with E-state index >= 15 is 0 Å². The maximum absolute atomic E-state index is 13.4. The summed E-state index contributed by atoms with van der Waals surface area (Å²) in [4.78, 5) is 26.5. The maximum Gasteiger partial charge on any atom is 0.251 e. The van der Waals surface area contributed by atoms with Gasteiger partial charge in [0.25, 0.3) is 5.91 Å². The van der Waals surface area contributed by atoms with E-state index in [-0.39, 0.29) is 37.3 Å². The monoisotopic (exact) mass is 622 g/mol. The summed E-state index contributed by atoms with van der Waals surface area (Å²) in [5.41, 5.74) is 2.61. The molecular weight excluding hydrogens is 576 g/mol. The molecule has 3 atom stereocenters. The van der Waals surface area contributed by atoms with E-state index in [4.69, 9.17) is 9.47 Å². The lowest BCUT2D eigenvalue weighted by molar-refractivity contribution is -0.123. The standard InChI is InChI=1S/C39H46N2O5/c1-28(2)17-20-32(40-39(44)31-13-10-16-35(26-31)46-34-14-8-5-9-15-34)27-37(42)36(25-30-11-6-4-7-12-30)41-38(43)23-24-45-33-21-18-29(3)19-22-33/h4-16,18-19,21-22,26,28,32,36-37,42H,17,20,23-25,27H2,1-3H3,(H,40,44)(H,41,43)/t32-,36-,37-/m0/s1. The average molecular weight is 623 g/mol. The van der Waals surface area contributed by atoms with Gasteiger partial charge < -0.3 is 25.2 Å². The van der Waals surface area contributed by atoms with Gasteiger partial charge in [-0.05, 0) is 86.6 Å². The molecule has 0 aromatic heterocycles. The number of aliphatic hydroxyl groups excluding tert-OH is 1. The zero-order chi connectivity index (χ0) is 32.7. The van der Waals surface area contributed by atoms with Crippen molar-refractivity contribution in [1.82, 2.24) is 10.6 Å². The molecule has 4 aromatic carbocycles. The van der Waals surface area contributed by atoms with Gasteiger partial charge in [-0.15, -0.1) is 0 Å².